The van der Waals surface area contributed by atoms with Crippen LogP contribution >= 0.6 is 22.7 Å². The highest BCUT2D eigenvalue weighted by molar-refractivity contribution is 7.21. The van der Waals surface area contributed by atoms with Crippen molar-refractivity contribution in [3.8, 4) is 9.88 Å². The first kappa shape index (κ1) is 10.7. The third-order valence-corrected chi connectivity index (χ3v) is 4.17. The summed E-state index contributed by atoms with van der Waals surface area (Å²) in [6, 6.07) is 0.00488. The molecule has 2 heterocycles. The monoisotopic (exact) mass is 240 g/mol. The number of rotatable bonds is 3. The van der Waals surface area contributed by atoms with Gasteiger partial charge in [-0.05, 0) is 13.3 Å². The largest absolute Gasteiger partial charge is 0.322 e. The second-order valence-corrected chi connectivity index (χ2v) is 5.45. The molecule has 0 fully saturated rings. The van der Waals surface area contributed by atoms with Crippen molar-refractivity contribution in [2.75, 3.05) is 0 Å². The molecule has 80 valence electrons. The van der Waals surface area contributed by atoms with Crippen LogP contribution in [0.3, 0.4) is 0 Å². The van der Waals surface area contributed by atoms with Crippen molar-refractivity contribution in [2.45, 2.75) is 26.3 Å². The Morgan fingerprint density at radius 3 is 2.80 bits per heavy atom. The van der Waals surface area contributed by atoms with Crippen molar-refractivity contribution < 1.29 is 0 Å². The Hall–Kier alpha value is -0.850. The topological polar surface area (TPSA) is 64.7 Å². The zero-order chi connectivity index (χ0) is 10.8. The smallest absolute Gasteiger partial charge is 0.159 e. The second kappa shape index (κ2) is 4.34. The molecule has 4 nitrogen and oxygen atoms in total. The van der Waals surface area contributed by atoms with Gasteiger partial charge in [-0.2, -0.15) is 0 Å². The summed E-state index contributed by atoms with van der Waals surface area (Å²) in [4.78, 5) is 5.26. The molecule has 0 spiro atoms. The summed E-state index contributed by atoms with van der Waals surface area (Å²) in [5.74, 6) is 0. The van der Waals surface area contributed by atoms with Crippen molar-refractivity contribution in [2.24, 2.45) is 5.73 Å². The van der Waals surface area contributed by atoms with Crippen LogP contribution in [0, 0.1) is 6.92 Å². The molecule has 1 atom stereocenters. The van der Waals surface area contributed by atoms with Crippen LogP contribution in [0.4, 0.5) is 0 Å². The number of aromatic nitrogens is 3. The maximum absolute atomic E-state index is 5.89. The lowest BCUT2D eigenvalue weighted by Gasteiger charge is -2.00. The normalized spacial score (nSPS) is 13.0. The Bertz CT molecular complexity index is 448. The van der Waals surface area contributed by atoms with E-state index in [0.717, 1.165) is 26.3 Å². The summed E-state index contributed by atoms with van der Waals surface area (Å²) in [5, 5.41) is 11.1. The van der Waals surface area contributed by atoms with Gasteiger partial charge in [0.15, 0.2) is 5.01 Å². The predicted octanol–water partition coefficient (Wildman–Crippen LogP) is 2.38. The summed E-state index contributed by atoms with van der Waals surface area (Å²) in [6.07, 6.45) is 2.72. The SMILES string of the molecule is CCC(N)c1nnc(-c2cnc(C)s2)s1. The van der Waals surface area contributed by atoms with Crippen LogP contribution in [0.25, 0.3) is 9.88 Å². The van der Waals surface area contributed by atoms with Gasteiger partial charge in [0.1, 0.15) is 5.01 Å². The molecule has 0 amide bonds. The molecule has 0 aliphatic carbocycles. The van der Waals surface area contributed by atoms with Crippen LogP contribution < -0.4 is 5.73 Å². The molecule has 0 bridgehead atoms. The van der Waals surface area contributed by atoms with Gasteiger partial charge in [-0.25, -0.2) is 4.98 Å². The van der Waals surface area contributed by atoms with E-state index in [4.69, 9.17) is 5.73 Å². The third-order valence-electron chi connectivity index (χ3n) is 2.03. The minimum Gasteiger partial charge on any atom is -0.322 e. The Morgan fingerprint density at radius 1 is 1.40 bits per heavy atom. The number of hydrogen-bond acceptors (Lipinski definition) is 6. The van der Waals surface area contributed by atoms with Crippen molar-refractivity contribution in [3.63, 3.8) is 0 Å². The Morgan fingerprint density at radius 2 is 2.20 bits per heavy atom. The number of aryl methyl sites for hydroxylation is 1. The predicted molar refractivity (Wildman–Crippen MR) is 63.0 cm³/mol. The molecular weight excluding hydrogens is 228 g/mol. The van der Waals surface area contributed by atoms with E-state index in [1.807, 2.05) is 20.0 Å². The number of nitrogens with two attached hydrogens (primary N) is 1. The van der Waals surface area contributed by atoms with Gasteiger partial charge < -0.3 is 5.73 Å². The molecule has 0 aliphatic heterocycles. The molecule has 0 saturated heterocycles. The van der Waals surface area contributed by atoms with E-state index >= 15 is 0 Å². The average molecular weight is 240 g/mol. The molecule has 2 aromatic rings. The zero-order valence-corrected chi connectivity index (χ0v) is 10.2. The summed E-state index contributed by atoms with van der Waals surface area (Å²) >= 11 is 3.18. The number of nitrogens with zero attached hydrogens (tertiary/aromatic N) is 3. The molecule has 2 rings (SSSR count). The molecule has 0 aromatic carbocycles. The van der Waals surface area contributed by atoms with Crippen molar-refractivity contribution in [3.05, 3.63) is 16.2 Å². The first-order valence-corrected chi connectivity index (χ1v) is 6.35. The molecule has 2 N–H and O–H groups in total. The first-order chi connectivity index (χ1) is 7.20. The molecule has 2 aromatic heterocycles. The first-order valence-electron chi connectivity index (χ1n) is 4.72. The Kier molecular flexibility index (Phi) is 3.08. The minimum atomic E-state index is 0.00488. The maximum Gasteiger partial charge on any atom is 0.159 e. The molecule has 0 saturated carbocycles. The van der Waals surface area contributed by atoms with E-state index < -0.39 is 0 Å². The van der Waals surface area contributed by atoms with Gasteiger partial charge in [-0.1, -0.05) is 18.3 Å². The minimum absolute atomic E-state index is 0.00488. The van der Waals surface area contributed by atoms with Gasteiger partial charge in [-0.3, -0.25) is 0 Å². The van der Waals surface area contributed by atoms with E-state index in [1.54, 1.807) is 22.7 Å². The Balaban J connectivity index is 2.27. The zero-order valence-electron chi connectivity index (χ0n) is 8.60. The van der Waals surface area contributed by atoms with Crippen LogP contribution in [0.5, 0.6) is 0 Å². The molecule has 6 heteroatoms. The van der Waals surface area contributed by atoms with Crippen molar-refractivity contribution in [1.29, 1.82) is 0 Å². The van der Waals surface area contributed by atoms with Gasteiger partial charge in [0.25, 0.3) is 0 Å². The van der Waals surface area contributed by atoms with Crippen LogP contribution in [0.1, 0.15) is 29.4 Å². The van der Waals surface area contributed by atoms with Gasteiger partial charge >= 0.3 is 0 Å². The fourth-order valence-corrected chi connectivity index (χ4v) is 2.86. The second-order valence-electron chi connectivity index (χ2n) is 3.20. The molecular formula is C9H12N4S2. The quantitative estimate of drug-likeness (QED) is 0.894. The van der Waals surface area contributed by atoms with E-state index in [9.17, 15) is 0 Å². The lowest BCUT2D eigenvalue weighted by Crippen LogP contribution is -2.07. The highest BCUT2D eigenvalue weighted by atomic mass is 32.1. The summed E-state index contributed by atoms with van der Waals surface area (Å²) in [6.45, 7) is 4.02. The van der Waals surface area contributed by atoms with E-state index in [1.165, 1.54) is 0 Å². The summed E-state index contributed by atoms with van der Waals surface area (Å²) in [7, 11) is 0. The van der Waals surface area contributed by atoms with Crippen LogP contribution in [-0.4, -0.2) is 15.2 Å². The molecule has 0 aliphatic rings. The van der Waals surface area contributed by atoms with Crippen molar-refractivity contribution >= 4 is 22.7 Å². The molecule has 15 heavy (non-hydrogen) atoms. The lowest BCUT2D eigenvalue weighted by atomic mass is 10.3. The fourth-order valence-electron chi connectivity index (χ4n) is 1.12. The van der Waals surface area contributed by atoms with Gasteiger partial charge in [-0.15, -0.1) is 21.5 Å². The van der Waals surface area contributed by atoms with Crippen LogP contribution in [0.15, 0.2) is 6.20 Å². The van der Waals surface area contributed by atoms with Crippen LogP contribution in [0.2, 0.25) is 0 Å². The van der Waals surface area contributed by atoms with E-state index in [-0.39, 0.29) is 6.04 Å². The highest BCUT2D eigenvalue weighted by Crippen LogP contribution is 2.30. The molecule has 1 unspecified atom stereocenters. The van der Waals surface area contributed by atoms with E-state index in [2.05, 4.69) is 15.2 Å². The lowest BCUT2D eigenvalue weighted by molar-refractivity contribution is 0.683. The molecule has 0 radical (unpaired) electrons. The average Bonchev–Trinajstić information content (AvgIpc) is 2.84. The van der Waals surface area contributed by atoms with Gasteiger partial charge in [0.2, 0.25) is 0 Å². The fraction of sp³-hybridized carbons (Fsp3) is 0.444. The van der Waals surface area contributed by atoms with Gasteiger partial charge in [0.05, 0.1) is 15.9 Å². The van der Waals surface area contributed by atoms with Gasteiger partial charge in [0, 0.05) is 6.20 Å². The third kappa shape index (κ3) is 2.22. The number of thiazole rings is 1. The standard InChI is InChI=1S/C9H12N4S2/c1-3-6(10)8-12-13-9(15-8)7-4-11-5(2)14-7/h4,6H,3,10H2,1-2H3. The van der Waals surface area contributed by atoms with E-state index in [0.29, 0.717) is 0 Å². The summed E-state index contributed by atoms with van der Waals surface area (Å²) < 4.78 is 0. The van der Waals surface area contributed by atoms with Crippen molar-refractivity contribution in [1.82, 2.24) is 15.2 Å². The number of hydrogen-bond donors (Lipinski definition) is 1. The van der Waals surface area contributed by atoms with Crippen LogP contribution in [-0.2, 0) is 0 Å². The highest BCUT2D eigenvalue weighted by Gasteiger charge is 2.13. The Labute approximate surface area is 96.2 Å². The maximum atomic E-state index is 5.89. The summed E-state index contributed by atoms with van der Waals surface area (Å²) in [5.41, 5.74) is 5.89.